The number of aldehydes is 1. The molecule has 4 heterocycles. The second-order valence-electron chi connectivity index (χ2n) is 21.5. The number of hydrogen-bond acceptors (Lipinski definition) is 5. The van der Waals surface area contributed by atoms with Crippen molar-refractivity contribution in [3.05, 3.63) is 173 Å². The number of unbranched alkanes of at least 4 members (excludes halogenated alkanes) is 2. The Bertz CT molecular complexity index is 3580. The first-order chi connectivity index (χ1) is 33.8. The second kappa shape index (κ2) is 17.7. The molecule has 1 aliphatic rings. The summed E-state index contributed by atoms with van der Waals surface area (Å²) < 4.78 is 5.11. The Hall–Kier alpha value is -6.47. The highest BCUT2D eigenvalue weighted by atomic mass is 32.1. The van der Waals surface area contributed by atoms with E-state index in [1.807, 2.05) is 46.9 Å². The maximum Gasteiger partial charge on any atom is 0.150 e. The van der Waals surface area contributed by atoms with Crippen molar-refractivity contribution >= 4 is 60.4 Å². The van der Waals surface area contributed by atoms with Gasteiger partial charge in [0.1, 0.15) is 6.29 Å². The molecule has 0 aliphatic heterocycles. The topological polar surface area (TPSA) is 47.8 Å². The summed E-state index contributed by atoms with van der Waals surface area (Å²) in [6.07, 6.45) is 7.98. The van der Waals surface area contributed by atoms with E-state index in [4.69, 9.17) is 9.97 Å². The lowest BCUT2D eigenvalue weighted by molar-refractivity contribution is 0.112. The molecule has 0 saturated carbocycles. The SMILES string of the molecule is CCCCC1(CCCC)c2ccccc2-c2ccc(-n3c4ccsc4c4sc(-c5ccc(-c6ccc(C=O)cc6)c6nc(-c7ccc(C(C)(C)C)cc7)c(-c7ccc(C(C)(C)C)cc7)nc56)cc43)cc21. The van der Waals surface area contributed by atoms with Crippen LogP contribution in [-0.4, -0.2) is 20.8 Å². The van der Waals surface area contributed by atoms with Crippen LogP contribution in [0.4, 0.5) is 0 Å². The van der Waals surface area contributed by atoms with Crippen LogP contribution >= 0.6 is 22.7 Å². The normalized spacial score (nSPS) is 13.4. The maximum absolute atomic E-state index is 11.8. The van der Waals surface area contributed by atoms with Gasteiger partial charge in [-0.2, -0.15) is 0 Å². The third-order valence-corrected chi connectivity index (χ3v) is 17.2. The fourth-order valence-electron chi connectivity index (χ4n) is 11.1. The highest BCUT2D eigenvalue weighted by molar-refractivity contribution is 7.28. The molecule has 0 bridgehead atoms. The largest absolute Gasteiger partial charge is 0.307 e. The van der Waals surface area contributed by atoms with Gasteiger partial charge in [0, 0.05) is 43.8 Å². The average molecular weight is 952 g/mol. The molecular weight excluding hydrogens is 891 g/mol. The number of nitrogens with zero attached hydrogens (tertiary/aromatic N) is 3. The number of aromatic nitrogens is 3. The van der Waals surface area contributed by atoms with Crippen molar-refractivity contribution in [3.63, 3.8) is 0 Å². The molecule has 0 N–H and O–H groups in total. The van der Waals surface area contributed by atoms with E-state index in [-0.39, 0.29) is 16.2 Å². The highest BCUT2D eigenvalue weighted by Gasteiger charge is 2.42. The number of fused-ring (bicyclic) bond motifs is 7. The van der Waals surface area contributed by atoms with Crippen LogP contribution in [0.15, 0.2) is 145 Å². The Balaban J connectivity index is 1.14. The van der Waals surface area contributed by atoms with Crippen LogP contribution in [0.5, 0.6) is 0 Å². The standard InChI is InChI=1S/C64H61N3OS2/c1-9-11-34-64(35-12-10-2)51-16-14-13-15-48(51)49-30-29-46(37-52(49)64)67-53-33-36-69-60(53)61-54(67)38-55(70-61)50-32-31-47(41-19-17-40(39-68)18-20-41)58-59(50)66-57(43-23-27-45(28-24-43)63(6,7)8)56(65-58)42-21-25-44(26-22-42)62(3,4)5/h13-33,36-39H,9-12,34-35H2,1-8H3. The van der Waals surface area contributed by atoms with Gasteiger partial charge in [-0.1, -0.05) is 196 Å². The zero-order valence-corrected chi connectivity index (χ0v) is 43.4. The van der Waals surface area contributed by atoms with Crippen molar-refractivity contribution in [1.82, 2.24) is 14.5 Å². The van der Waals surface area contributed by atoms with E-state index < -0.39 is 0 Å². The summed E-state index contributed by atoms with van der Waals surface area (Å²) in [5.41, 5.74) is 21.1. The van der Waals surface area contributed by atoms with Crippen molar-refractivity contribution in [2.24, 2.45) is 0 Å². The second-order valence-corrected chi connectivity index (χ2v) is 23.5. The summed E-state index contributed by atoms with van der Waals surface area (Å²) in [5.74, 6) is 0. The molecule has 0 atom stereocenters. The Kier molecular flexibility index (Phi) is 11.6. The van der Waals surface area contributed by atoms with Gasteiger partial charge in [-0.15, -0.1) is 22.7 Å². The van der Waals surface area contributed by atoms with Crippen molar-refractivity contribution in [2.75, 3.05) is 0 Å². The lowest BCUT2D eigenvalue weighted by atomic mass is 9.71. The number of rotatable bonds is 12. The fraction of sp³-hybridized carbons (Fsp3) is 0.266. The number of thiophene rings is 2. The smallest absolute Gasteiger partial charge is 0.150 e. The molecule has 1 aliphatic carbocycles. The summed E-state index contributed by atoms with van der Waals surface area (Å²) >= 11 is 3.68. The zero-order valence-electron chi connectivity index (χ0n) is 41.7. The van der Waals surface area contributed by atoms with E-state index in [1.165, 1.54) is 85.2 Å². The van der Waals surface area contributed by atoms with Gasteiger partial charge in [0.15, 0.2) is 0 Å². The lowest BCUT2D eigenvalue weighted by Crippen LogP contribution is -2.25. The van der Waals surface area contributed by atoms with Crippen LogP contribution in [0.2, 0.25) is 0 Å². The van der Waals surface area contributed by atoms with Gasteiger partial charge >= 0.3 is 0 Å². The molecule has 0 unspecified atom stereocenters. The first-order valence-electron chi connectivity index (χ1n) is 25.2. The molecule has 0 radical (unpaired) electrons. The predicted octanol–water partition coefficient (Wildman–Crippen LogP) is 18.6. The predicted molar refractivity (Wildman–Crippen MR) is 299 cm³/mol. The van der Waals surface area contributed by atoms with Gasteiger partial charge in [0.05, 0.1) is 42.9 Å². The van der Waals surface area contributed by atoms with E-state index in [0.717, 1.165) is 74.2 Å². The van der Waals surface area contributed by atoms with Crippen molar-refractivity contribution in [3.8, 4) is 60.9 Å². The lowest BCUT2D eigenvalue weighted by Gasteiger charge is -2.33. The van der Waals surface area contributed by atoms with Gasteiger partial charge in [0.25, 0.3) is 0 Å². The Morgan fingerprint density at radius 2 is 1.11 bits per heavy atom. The molecule has 0 spiro atoms. The molecule has 70 heavy (non-hydrogen) atoms. The fourth-order valence-corrected chi connectivity index (χ4v) is 13.3. The number of hydrogen-bond donors (Lipinski definition) is 0. The van der Waals surface area contributed by atoms with Gasteiger partial charge < -0.3 is 4.57 Å². The summed E-state index contributed by atoms with van der Waals surface area (Å²) in [6.45, 7) is 18.2. The Morgan fingerprint density at radius 3 is 1.71 bits per heavy atom. The zero-order chi connectivity index (χ0) is 48.5. The van der Waals surface area contributed by atoms with Crippen LogP contribution in [-0.2, 0) is 16.2 Å². The van der Waals surface area contributed by atoms with E-state index >= 15 is 0 Å². The van der Waals surface area contributed by atoms with Crippen LogP contribution in [0, 0.1) is 0 Å². The number of carbonyl (C=O) groups is 1. The number of benzene rings is 6. The van der Waals surface area contributed by atoms with Crippen molar-refractivity contribution in [2.45, 2.75) is 110 Å². The van der Waals surface area contributed by atoms with E-state index in [0.29, 0.717) is 5.56 Å². The van der Waals surface area contributed by atoms with Crippen LogP contribution in [0.25, 0.3) is 92.4 Å². The van der Waals surface area contributed by atoms with E-state index in [1.54, 1.807) is 0 Å². The minimum absolute atomic E-state index is 0.00105. The summed E-state index contributed by atoms with van der Waals surface area (Å²) in [7, 11) is 0. The molecule has 4 aromatic heterocycles. The third kappa shape index (κ3) is 7.75. The van der Waals surface area contributed by atoms with E-state index in [9.17, 15) is 4.79 Å². The van der Waals surface area contributed by atoms with Gasteiger partial charge in [-0.3, -0.25) is 4.79 Å². The summed E-state index contributed by atoms with van der Waals surface area (Å²) in [6, 6.07) is 51.3. The third-order valence-electron chi connectivity index (χ3n) is 15.0. The van der Waals surface area contributed by atoms with Gasteiger partial charge in [0.2, 0.25) is 0 Å². The first kappa shape index (κ1) is 45.9. The van der Waals surface area contributed by atoms with Crippen LogP contribution in [0.3, 0.4) is 0 Å². The number of carbonyl (C=O) groups excluding carboxylic acids is 1. The Labute approximate surface area is 421 Å². The van der Waals surface area contributed by atoms with Crippen molar-refractivity contribution in [1.29, 1.82) is 0 Å². The van der Waals surface area contributed by atoms with Crippen molar-refractivity contribution < 1.29 is 4.79 Å². The molecule has 0 saturated heterocycles. The first-order valence-corrected chi connectivity index (χ1v) is 26.9. The molecule has 4 nitrogen and oxygen atoms in total. The molecule has 350 valence electrons. The monoisotopic (exact) mass is 951 g/mol. The average Bonchev–Trinajstić information content (AvgIpc) is 4.14. The molecule has 6 aromatic carbocycles. The van der Waals surface area contributed by atoms with Gasteiger partial charge in [-0.25, -0.2) is 9.97 Å². The molecule has 0 fully saturated rings. The Morgan fingerprint density at radius 1 is 0.557 bits per heavy atom. The summed E-state index contributed by atoms with van der Waals surface area (Å²) in [4.78, 5) is 24.5. The molecule has 10 aromatic rings. The molecule has 11 rings (SSSR count). The summed E-state index contributed by atoms with van der Waals surface area (Å²) in [5, 5.41) is 2.24. The molecule has 0 amide bonds. The van der Waals surface area contributed by atoms with Crippen LogP contribution < -0.4 is 0 Å². The quantitative estimate of drug-likeness (QED) is 0.115. The van der Waals surface area contributed by atoms with Gasteiger partial charge in [-0.05, 0) is 92.3 Å². The van der Waals surface area contributed by atoms with E-state index in [2.05, 4.69) is 181 Å². The highest BCUT2D eigenvalue weighted by Crippen LogP contribution is 2.55. The minimum Gasteiger partial charge on any atom is -0.307 e. The minimum atomic E-state index is -0.00105. The molecule has 6 heteroatoms. The maximum atomic E-state index is 11.8. The molecular formula is C64H61N3OS2. The van der Waals surface area contributed by atoms with Crippen LogP contribution in [0.1, 0.15) is 127 Å².